The molecule has 0 aliphatic rings. The van der Waals surface area contributed by atoms with Crippen molar-refractivity contribution >= 4 is 17.4 Å². The summed E-state index contributed by atoms with van der Waals surface area (Å²) in [5.41, 5.74) is 9.67. The van der Waals surface area contributed by atoms with Gasteiger partial charge in [-0.25, -0.2) is 4.98 Å². The average Bonchev–Trinajstić information content (AvgIpc) is 2.79. The monoisotopic (exact) mass is 476 g/mol. The van der Waals surface area contributed by atoms with Crippen LogP contribution in [0.3, 0.4) is 0 Å². The molecule has 2 aromatic carbocycles. The molecule has 0 bridgehead atoms. The molecule has 0 unspecified atom stereocenters. The van der Waals surface area contributed by atoms with Crippen molar-refractivity contribution in [2.24, 2.45) is 0 Å². The third kappa shape index (κ3) is 7.80. The van der Waals surface area contributed by atoms with E-state index in [1.165, 1.54) is 0 Å². The minimum absolute atomic E-state index is 0.0527. The van der Waals surface area contributed by atoms with Crippen LogP contribution in [0.1, 0.15) is 56.1 Å². The van der Waals surface area contributed by atoms with E-state index in [1.54, 1.807) is 24.4 Å². The van der Waals surface area contributed by atoms with Gasteiger partial charge in [-0.05, 0) is 53.6 Å². The molecule has 186 valence electrons. The van der Waals surface area contributed by atoms with Crippen molar-refractivity contribution in [1.82, 2.24) is 10.3 Å². The number of pyridine rings is 1. The predicted molar refractivity (Wildman–Crippen MR) is 140 cm³/mol. The van der Waals surface area contributed by atoms with Crippen LogP contribution < -0.4 is 16.4 Å². The Morgan fingerprint density at radius 3 is 2.51 bits per heavy atom. The van der Waals surface area contributed by atoms with Gasteiger partial charge in [-0.15, -0.1) is 0 Å². The summed E-state index contributed by atoms with van der Waals surface area (Å²) in [5, 5.41) is 26.7. The topological polar surface area (TPSA) is 120 Å². The van der Waals surface area contributed by atoms with E-state index in [2.05, 4.69) is 43.3 Å². The van der Waals surface area contributed by atoms with Crippen LogP contribution in [0.25, 0.3) is 0 Å². The number of nitrogen functional groups attached to an aromatic ring is 1. The highest BCUT2D eigenvalue weighted by Gasteiger charge is 2.17. The van der Waals surface area contributed by atoms with Crippen LogP contribution in [0.2, 0.25) is 0 Å². The Labute approximate surface area is 207 Å². The molecule has 6 N–H and O–H groups in total. The van der Waals surface area contributed by atoms with E-state index in [4.69, 9.17) is 5.73 Å². The van der Waals surface area contributed by atoms with E-state index in [9.17, 15) is 15.0 Å². The first-order valence-corrected chi connectivity index (χ1v) is 11.9. The van der Waals surface area contributed by atoms with Crippen LogP contribution >= 0.6 is 0 Å². The number of phenols is 1. The maximum Gasteiger partial charge on any atom is 0.228 e. The highest BCUT2D eigenvalue weighted by molar-refractivity contribution is 5.93. The fourth-order valence-corrected chi connectivity index (χ4v) is 3.82. The summed E-state index contributed by atoms with van der Waals surface area (Å²) in [6, 6.07) is 16.8. The number of carbonyl (C=O) groups is 1. The number of aliphatic hydroxyl groups excluding tert-OH is 1. The fraction of sp³-hybridized carbons (Fsp3) is 0.357. The summed E-state index contributed by atoms with van der Waals surface area (Å²) in [5.74, 6) is 0.290. The molecule has 1 heterocycles. The summed E-state index contributed by atoms with van der Waals surface area (Å²) >= 11 is 0. The van der Waals surface area contributed by atoms with E-state index in [1.807, 2.05) is 36.4 Å². The molecule has 0 saturated carbocycles. The number of aliphatic hydroxyl groups is 1. The van der Waals surface area contributed by atoms with Crippen LogP contribution in [0.15, 0.2) is 60.8 Å². The van der Waals surface area contributed by atoms with Gasteiger partial charge < -0.3 is 26.6 Å². The van der Waals surface area contributed by atoms with E-state index >= 15 is 0 Å². The molecule has 7 nitrogen and oxygen atoms in total. The van der Waals surface area contributed by atoms with Crippen LogP contribution in [0.5, 0.6) is 5.75 Å². The van der Waals surface area contributed by atoms with E-state index in [0.717, 1.165) is 23.1 Å². The molecule has 0 aliphatic heterocycles. The molecule has 3 aromatic rings. The number of benzene rings is 2. The Balaban J connectivity index is 1.55. The summed E-state index contributed by atoms with van der Waals surface area (Å²) in [4.78, 5) is 16.7. The quantitative estimate of drug-likeness (QED) is 0.297. The molecule has 7 heteroatoms. The van der Waals surface area contributed by atoms with Crippen molar-refractivity contribution in [2.45, 2.75) is 58.1 Å². The number of rotatable bonds is 9. The fourth-order valence-electron chi connectivity index (χ4n) is 3.82. The zero-order valence-corrected chi connectivity index (χ0v) is 20.9. The Hall–Kier alpha value is -3.42. The van der Waals surface area contributed by atoms with Gasteiger partial charge in [0.15, 0.2) is 0 Å². The molecule has 3 rings (SSSR count). The number of anilines is 2. The number of aromatic nitrogens is 1. The Kier molecular flexibility index (Phi) is 8.48. The molecule has 1 aromatic heterocycles. The SMILES string of the molecule is C[C@H](Cc1cccc(CC(=O)Nc2cc(C(C)(C)C)ccc2O)c1)NC[C@H](O)c1ccc(N)nc1. The Morgan fingerprint density at radius 2 is 1.83 bits per heavy atom. The number of nitrogens with zero attached hydrogens (tertiary/aromatic N) is 1. The third-order valence-corrected chi connectivity index (χ3v) is 5.89. The van der Waals surface area contributed by atoms with Crippen molar-refractivity contribution in [2.75, 3.05) is 17.6 Å². The first-order chi connectivity index (χ1) is 16.5. The maximum absolute atomic E-state index is 12.7. The van der Waals surface area contributed by atoms with Crippen molar-refractivity contribution in [3.63, 3.8) is 0 Å². The van der Waals surface area contributed by atoms with E-state index < -0.39 is 6.10 Å². The molecule has 0 aliphatic carbocycles. The highest BCUT2D eigenvalue weighted by Crippen LogP contribution is 2.30. The van der Waals surface area contributed by atoms with Crippen LogP contribution in [-0.2, 0) is 23.1 Å². The van der Waals surface area contributed by atoms with Gasteiger partial charge in [-0.1, -0.05) is 57.2 Å². The molecule has 1 amide bonds. The second kappa shape index (κ2) is 11.3. The predicted octanol–water partition coefficient (Wildman–Crippen LogP) is 4.10. The second-order valence-electron chi connectivity index (χ2n) is 10.1. The van der Waals surface area contributed by atoms with Crippen molar-refractivity contribution in [3.05, 3.63) is 83.0 Å². The van der Waals surface area contributed by atoms with Crippen LogP contribution in [0.4, 0.5) is 11.5 Å². The number of hydrogen-bond acceptors (Lipinski definition) is 6. The van der Waals surface area contributed by atoms with Gasteiger partial charge in [0, 0.05) is 24.3 Å². The maximum atomic E-state index is 12.7. The number of nitrogens with one attached hydrogen (secondary N) is 2. The lowest BCUT2D eigenvalue weighted by Crippen LogP contribution is -2.32. The van der Waals surface area contributed by atoms with Gasteiger partial charge in [0.25, 0.3) is 0 Å². The Morgan fingerprint density at radius 1 is 1.09 bits per heavy atom. The first kappa shape index (κ1) is 26.2. The molecular formula is C28H36N4O3. The standard InChI is InChI=1S/C28H36N4O3/c1-18(30-17-25(34)21-8-11-26(29)31-16-21)12-19-6-5-7-20(13-19)14-27(35)32-23-15-22(28(2,3)4)9-10-24(23)33/h5-11,13,15-16,18,25,30,33-34H,12,14,17H2,1-4H3,(H2,29,31)(H,32,35)/t18-,25+/m1/s1. The number of aromatic hydroxyl groups is 1. The van der Waals surface area contributed by atoms with Crippen molar-refractivity contribution in [3.8, 4) is 5.75 Å². The highest BCUT2D eigenvalue weighted by atomic mass is 16.3. The number of nitrogens with two attached hydrogens (primary N) is 1. The second-order valence-corrected chi connectivity index (χ2v) is 10.1. The van der Waals surface area contributed by atoms with Gasteiger partial charge in [0.1, 0.15) is 11.6 Å². The lowest BCUT2D eigenvalue weighted by molar-refractivity contribution is -0.115. The van der Waals surface area contributed by atoms with Gasteiger partial charge >= 0.3 is 0 Å². The molecule has 35 heavy (non-hydrogen) atoms. The summed E-state index contributed by atoms with van der Waals surface area (Å²) in [7, 11) is 0. The van der Waals surface area contributed by atoms with Crippen molar-refractivity contribution < 1.29 is 15.0 Å². The molecule has 2 atom stereocenters. The Bertz CT molecular complexity index is 1140. The zero-order valence-electron chi connectivity index (χ0n) is 20.9. The molecule has 0 radical (unpaired) electrons. The lowest BCUT2D eigenvalue weighted by atomic mass is 9.87. The molecule has 0 fully saturated rings. The minimum atomic E-state index is -0.672. The smallest absolute Gasteiger partial charge is 0.228 e. The average molecular weight is 477 g/mol. The normalized spacial score (nSPS) is 13.3. The van der Waals surface area contributed by atoms with Gasteiger partial charge in [-0.3, -0.25) is 4.79 Å². The first-order valence-electron chi connectivity index (χ1n) is 11.9. The zero-order chi connectivity index (χ0) is 25.6. The minimum Gasteiger partial charge on any atom is -0.506 e. The van der Waals surface area contributed by atoms with Crippen molar-refractivity contribution in [1.29, 1.82) is 0 Å². The van der Waals surface area contributed by atoms with Crippen LogP contribution in [-0.4, -0.2) is 33.7 Å². The number of carbonyl (C=O) groups excluding carboxylic acids is 1. The largest absolute Gasteiger partial charge is 0.506 e. The number of phenolic OH excluding ortho intramolecular Hbond substituents is 1. The lowest BCUT2D eigenvalue weighted by Gasteiger charge is -2.20. The van der Waals surface area contributed by atoms with E-state index in [-0.39, 0.29) is 29.5 Å². The number of hydrogen-bond donors (Lipinski definition) is 5. The van der Waals surface area contributed by atoms with Gasteiger partial charge in [0.05, 0.1) is 18.2 Å². The number of amides is 1. The van der Waals surface area contributed by atoms with Gasteiger partial charge in [-0.2, -0.15) is 0 Å². The molecular weight excluding hydrogens is 440 g/mol. The summed E-state index contributed by atoms with van der Waals surface area (Å²) in [6.07, 6.45) is 1.86. The van der Waals surface area contributed by atoms with Gasteiger partial charge in [0.2, 0.25) is 5.91 Å². The summed E-state index contributed by atoms with van der Waals surface area (Å²) in [6.45, 7) is 8.71. The third-order valence-electron chi connectivity index (χ3n) is 5.89. The molecule has 0 saturated heterocycles. The molecule has 0 spiro atoms. The van der Waals surface area contributed by atoms with E-state index in [0.29, 0.717) is 23.6 Å². The van der Waals surface area contributed by atoms with Crippen LogP contribution in [0, 0.1) is 0 Å². The summed E-state index contributed by atoms with van der Waals surface area (Å²) < 4.78 is 0.